The minimum absolute atomic E-state index is 0.439. The molecule has 3 aromatic carbocycles. The molecule has 3 rings (SSSR count). The molecule has 3 heteroatoms. The highest BCUT2D eigenvalue weighted by Crippen LogP contribution is 2.33. The molecule has 156 valence electrons. The third-order valence-electron chi connectivity index (χ3n) is 5.28. The number of carbonyl (C=O) groups excluding carboxylic acids is 1. The largest absolute Gasteiger partial charge is 0.494 e. The molecule has 0 radical (unpaired) electrons. The van der Waals surface area contributed by atoms with Gasteiger partial charge in [0.25, 0.3) is 5.24 Å². The van der Waals surface area contributed by atoms with E-state index in [-0.39, 0.29) is 0 Å². The highest BCUT2D eigenvalue weighted by molar-refractivity contribution is 6.67. The maximum Gasteiger partial charge on any atom is 0.252 e. The normalized spacial score (nSPS) is 10.7. The standard InChI is InChI=1S/C27H29ClO2/c1-2-3-4-5-6-9-20-30-24-18-16-22(17-19-24)26-11-8-7-10-25(26)21-12-14-23(15-13-21)27(28)29/h7-8,10-19H,2-6,9,20H2,1H3. The molecule has 0 aromatic heterocycles. The fourth-order valence-electron chi connectivity index (χ4n) is 3.57. The van der Waals surface area contributed by atoms with E-state index in [4.69, 9.17) is 16.3 Å². The highest BCUT2D eigenvalue weighted by atomic mass is 35.5. The van der Waals surface area contributed by atoms with Gasteiger partial charge in [-0.05, 0) is 64.5 Å². The molecule has 0 aliphatic heterocycles. The third kappa shape index (κ3) is 6.21. The number of halogens is 1. The first-order chi connectivity index (χ1) is 14.7. The van der Waals surface area contributed by atoms with Gasteiger partial charge in [0, 0.05) is 5.56 Å². The minimum Gasteiger partial charge on any atom is -0.494 e. The van der Waals surface area contributed by atoms with Crippen LogP contribution in [0.15, 0.2) is 72.8 Å². The summed E-state index contributed by atoms with van der Waals surface area (Å²) >= 11 is 5.57. The van der Waals surface area contributed by atoms with Crippen molar-refractivity contribution in [2.24, 2.45) is 0 Å². The van der Waals surface area contributed by atoms with E-state index < -0.39 is 5.24 Å². The van der Waals surface area contributed by atoms with Crippen molar-refractivity contribution in [1.82, 2.24) is 0 Å². The molecule has 0 aliphatic rings. The predicted molar refractivity (Wildman–Crippen MR) is 126 cm³/mol. The number of carbonyl (C=O) groups is 1. The quantitative estimate of drug-likeness (QED) is 0.231. The first-order valence-corrected chi connectivity index (χ1v) is 11.2. The summed E-state index contributed by atoms with van der Waals surface area (Å²) in [7, 11) is 0. The minimum atomic E-state index is -0.439. The second kappa shape index (κ2) is 11.6. The van der Waals surface area contributed by atoms with E-state index in [1.54, 1.807) is 12.1 Å². The van der Waals surface area contributed by atoms with Crippen molar-refractivity contribution in [2.45, 2.75) is 45.4 Å². The number of hydrogen-bond acceptors (Lipinski definition) is 2. The molecule has 3 aromatic rings. The van der Waals surface area contributed by atoms with Gasteiger partial charge in [-0.25, -0.2) is 0 Å². The van der Waals surface area contributed by atoms with Gasteiger partial charge < -0.3 is 4.74 Å². The van der Waals surface area contributed by atoms with Gasteiger partial charge in [0.05, 0.1) is 6.61 Å². The topological polar surface area (TPSA) is 26.3 Å². The molecule has 0 fully saturated rings. The van der Waals surface area contributed by atoms with E-state index in [2.05, 4.69) is 31.2 Å². The van der Waals surface area contributed by atoms with E-state index in [1.807, 2.05) is 36.4 Å². The van der Waals surface area contributed by atoms with Crippen molar-refractivity contribution in [3.63, 3.8) is 0 Å². The van der Waals surface area contributed by atoms with Crippen LogP contribution in [0.5, 0.6) is 5.75 Å². The lowest BCUT2D eigenvalue weighted by atomic mass is 9.94. The molecule has 0 spiro atoms. The zero-order chi connectivity index (χ0) is 21.2. The van der Waals surface area contributed by atoms with Gasteiger partial charge in [0.2, 0.25) is 0 Å². The van der Waals surface area contributed by atoms with Crippen LogP contribution in [0.1, 0.15) is 55.8 Å². The Morgan fingerprint density at radius 2 is 1.27 bits per heavy atom. The molecule has 0 saturated carbocycles. The average molecular weight is 421 g/mol. The van der Waals surface area contributed by atoms with Gasteiger partial charge in [-0.15, -0.1) is 0 Å². The smallest absolute Gasteiger partial charge is 0.252 e. The van der Waals surface area contributed by atoms with Crippen LogP contribution in [0.4, 0.5) is 0 Å². The van der Waals surface area contributed by atoms with Gasteiger partial charge >= 0.3 is 0 Å². The van der Waals surface area contributed by atoms with Crippen LogP contribution in [0.25, 0.3) is 22.3 Å². The lowest BCUT2D eigenvalue weighted by Gasteiger charge is -2.12. The van der Waals surface area contributed by atoms with Crippen molar-refractivity contribution >= 4 is 16.8 Å². The molecule has 2 nitrogen and oxygen atoms in total. The van der Waals surface area contributed by atoms with Crippen molar-refractivity contribution < 1.29 is 9.53 Å². The Morgan fingerprint density at radius 1 is 0.733 bits per heavy atom. The van der Waals surface area contributed by atoms with E-state index >= 15 is 0 Å². The molecule has 0 atom stereocenters. The molecule has 0 N–H and O–H groups in total. The number of benzene rings is 3. The van der Waals surface area contributed by atoms with Gasteiger partial charge in [-0.2, -0.15) is 0 Å². The van der Waals surface area contributed by atoms with Gasteiger partial charge in [-0.1, -0.05) is 87.6 Å². The van der Waals surface area contributed by atoms with Gasteiger partial charge in [-0.3, -0.25) is 4.79 Å². The molecule has 0 bridgehead atoms. The van der Waals surface area contributed by atoms with Crippen LogP contribution in [-0.4, -0.2) is 11.8 Å². The zero-order valence-corrected chi connectivity index (χ0v) is 18.3. The van der Waals surface area contributed by atoms with Crippen molar-refractivity contribution in [3.8, 4) is 28.0 Å². The molecular weight excluding hydrogens is 392 g/mol. The maximum atomic E-state index is 11.3. The Morgan fingerprint density at radius 3 is 1.83 bits per heavy atom. The van der Waals surface area contributed by atoms with Gasteiger partial charge in [0.15, 0.2) is 0 Å². The Labute approximate surface area is 184 Å². The summed E-state index contributed by atoms with van der Waals surface area (Å²) in [4.78, 5) is 11.3. The number of rotatable bonds is 11. The fourth-order valence-corrected chi connectivity index (χ4v) is 3.70. The number of hydrogen-bond donors (Lipinski definition) is 0. The Bertz CT molecular complexity index is 930. The zero-order valence-electron chi connectivity index (χ0n) is 17.6. The van der Waals surface area contributed by atoms with Crippen LogP contribution in [0, 0.1) is 0 Å². The lowest BCUT2D eigenvalue weighted by molar-refractivity contribution is 0.108. The lowest BCUT2D eigenvalue weighted by Crippen LogP contribution is -1.97. The van der Waals surface area contributed by atoms with Crippen molar-refractivity contribution in [2.75, 3.05) is 6.61 Å². The highest BCUT2D eigenvalue weighted by Gasteiger charge is 2.08. The van der Waals surface area contributed by atoms with Crippen molar-refractivity contribution in [3.05, 3.63) is 78.4 Å². The monoisotopic (exact) mass is 420 g/mol. The molecule has 0 amide bonds. The molecule has 0 heterocycles. The predicted octanol–water partition coefficient (Wildman–Crippen LogP) is 8.14. The molecule has 30 heavy (non-hydrogen) atoms. The summed E-state index contributed by atoms with van der Waals surface area (Å²) < 4.78 is 5.91. The first kappa shape index (κ1) is 22.1. The first-order valence-electron chi connectivity index (χ1n) is 10.8. The van der Waals surface area contributed by atoms with Crippen LogP contribution in [0.3, 0.4) is 0 Å². The summed E-state index contributed by atoms with van der Waals surface area (Å²) in [6.07, 6.45) is 7.58. The molecule has 0 aliphatic carbocycles. The summed E-state index contributed by atoms with van der Waals surface area (Å²) in [5.74, 6) is 0.912. The molecular formula is C27H29ClO2. The average Bonchev–Trinajstić information content (AvgIpc) is 2.79. The summed E-state index contributed by atoms with van der Waals surface area (Å²) in [6, 6.07) is 24.0. The van der Waals surface area contributed by atoms with Crippen molar-refractivity contribution in [1.29, 1.82) is 0 Å². The van der Waals surface area contributed by atoms with Gasteiger partial charge in [0.1, 0.15) is 5.75 Å². The number of ether oxygens (including phenoxy) is 1. The fraction of sp³-hybridized carbons (Fsp3) is 0.296. The van der Waals surface area contributed by atoms with E-state index in [1.165, 1.54) is 32.1 Å². The van der Waals surface area contributed by atoms with Crippen LogP contribution in [-0.2, 0) is 0 Å². The Kier molecular flexibility index (Phi) is 8.53. The second-order valence-electron chi connectivity index (χ2n) is 7.54. The Balaban J connectivity index is 1.65. The maximum absolute atomic E-state index is 11.3. The summed E-state index contributed by atoms with van der Waals surface area (Å²) in [5.41, 5.74) is 4.95. The SMILES string of the molecule is CCCCCCCCOc1ccc(-c2ccccc2-c2ccc(C(=O)Cl)cc2)cc1. The van der Waals surface area contributed by atoms with E-state index in [0.717, 1.165) is 41.0 Å². The Hall–Kier alpha value is -2.58. The molecule has 0 unspecified atom stereocenters. The summed E-state index contributed by atoms with van der Waals surface area (Å²) in [6.45, 7) is 3.01. The van der Waals surface area contributed by atoms with Crippen LogP contribution < -0.4 is 4.74 Å². The third-order valence-corrected chi connectivity index (χ3v) is 5.50. The summed E-state index contributed by atoms with van der Waals surface area (Å²) in [5, 5.41) is -0.439. The van der Waals surface area contributed by atoms with E-state index in [9.17, 15) is 4.79 Å². The molecule has 0 saturated heterocycles. The number of unbranched alkanes of at least 4 members (excludes halogenated alkanes) is 5. The second-order valence-corrected chi connectivity index (χ2v) is 7.88. The van der Waals surface area contributed by atoms with Crippen LogP contribution >= 0.6 is 11.6 Å². The van der Waals surface area contributed by atoms with Crippen LogP contribution in [0.2, 0.25) is 0 Å². The van der Waals surface area contributed by atoms with E-state index in [0.29, 0.717) is 5.56 Å².